The second-order valence-electron chi connectivity index (χ2n) is 4.96. The second-order valence-corrected chi connectivity index (χ2v) is 4.96. The van der Waals surface area contributed by atoms with E-state index < -0.39 is 28.0 Å². The molecular formula is C14H13N5O6. The highest BCUT2D eigenvalue weighted by molar-refractivity contribution is 6.00. The first-order valence-electron chi connectivity index (χ1n) is 6.90. The summed E-state index contributed by atoms with van der Waals surface area (Å²) in [6.45, 7) is 1.36. The van der Waals surface area contributed by atoms with Crippen LogP contribution in [0, 0.1) is 10.1 Å². The molecule has 2 aromatic rings. The van der Waals surface area contributed by atoms with Crippen molar-refractivity contribution < 1.29 is 14.8 Å². The number of nitrogens with zero attached hydrogens (tertiary/aromatic N) is 2. The predicted octanol–water partition coefficient (Wildman–Crippen LogP) is -0.240. The van der Waals surface area contributed by atoms with Gasteiger partial charge in [-0.3, -0.25) is 29.7 Å². The van der Waals surface area contributed by atoms with Gasteiger partial charge in [0.25, 0.3) is 11.2 Å². The van der Waals surface area contributed by atoms with Crippen molar-refractivity contribution in [1.82, 2.24) is 15.4 Å². The Hall–Kier alpha value is -3.76. The van der Waals surface area contributed by atoms with Gasteiger partial charge in [0, 0.05) is 12.1 Å². The monoisotopic (exact) mass is 347 g/mol. The van der Waals surface area contributed by atoms with Crippen molar-refractivity contribution in [3.63, 3.8) is 0 Å². The predicted molar refractivity (Wildman–Crippen MR) is 86.5 cm³/mol. The molecule has 0 aliphatic heterocycles. The van der Waals surface area contributed by atoms with Gasteiger partial charge in [-0.1, -0.05) is 12.1 Å². The lowest BCUT2D eigenvalue weighted by molar-refractivity contribution is -0.384. The topological polar surface area (TPSA) is 171 Å². The van der Waals surface area contributed by atoms with Crippen LogP contribution in [0.4, 0.5) is 5.69 Å². The van der Waals surface area contributed by atoms with E-state index in [-0.39, 0.29) is 23.4 Å². The number of hydrogen-bond donors (Lipinski definition) is 4. The van der Waals surface area contributed by atoms with Gasteiger partial charge < -0.3 is 5.11 Å². The van der Waals surface area contributed by atoms with Crippen molar-refractivity contribution in [2.24, 2.45) is 5.10 Å². The number of benzene rings is 1. The van der Waals surface area contributed by atoms with E-state index in [1.807, 2.05) is 9.97 Å². The van der Waals surface area contributed by atoms with Crippen LogP contribution in [0.1, 0.15) is 18.1 Å². The largest absolute Gasteiger partial charge is 0.494 e. The van der Waals surface area contributed by atoms with Gasteiger partial charge in [-0.2, -0.15) is 5.10 Å². The first kappa shape index (κ1) is 17.6. The van der Waals surface area contributed by atoms with Crippen molar-refractivity contribution >= 4 is 17.3 Å². The first-order valence-corrected chi connectivity index (χ1v) is 6.90. The number of nitro groups is 1. The molecule has 11 nitrogen and oxygen atoms in total. The number of nitrogens with one attached hydrogen (secondary N) is 3. The number of nitro benzene ring substituents is 1. The molecule has 1 aromatic heterocycles. The van der Waals surface area contributed by atoms with Gasteiger partial charge in [-0.25, -0.2) is 10.2 Å². The Morgan fingerprint density at radius 3 is 2.48 bits per heavy atom. The molecule has 0 aliphatic rings. The molecular weight excluding hydrogens is 334 g/mol. The number of H-pyrrole nitrogens is 2. The number of aromatic nitrogens is 2. The maximum absolute atomic E-state index is 11.8. The molecule has 1 aromatic carbocycles. The molecule has 0 bridgehead atoms. The zero-order valence-electron chi connectivity index (χ0n) is 12.9. The van der Waals surface area contributed by atoms with E-state index in [1.165, 1.54) is 31.2 Å². The van der Waals surface area contributed by atoms with Crippen LogP contribution in [0.2, 0.25) is 0 Å². The SMILES string of the molecule is C/C(=N/NC(=O)Cc1ccc([N+](=O)[O-])cc1)c1c(O)[nH]c(=O)[nH]c1=O. The third kappa shape index (κ3) is 4.37. The lowest BCUT2D eigenvalue weighted by atomic mass is 10.1. The molecule has 130 valence electrons. The van der Waals surface area contributed by atoms with Crippen LogP contribution in [-0.2, 0) is 11.2 Å². The number of hydrazone groups is 1. The van der Waals surface area contributed by atoms with Gasteiger partial charge in [-0.15, -0.1) is 0 Å². The van der Waals surface area contributed by atoms with Gasteiger partial charge in [0.2, 0.25) is 11.8 Å². The summed E-state index contributed by atoms with van der Waals surface area (Å²) in [5, 5.41) is 23.8. The summed E-state index contributed by atoms with van der Waals surface area (Å²) in [5.74, 6) is -1.20. The molecule has 0 aliphatic carbocycles. The fourth-order valence-corrected chi connectivity index (χ4v) is 1.97. The maximum atomic E-state index is 11.8. The van der Waals surface area contributed by atoms with Gasteiger partial charge in [-0.05, 0) is 12.5 Å². The summed E-state index contributed by atoms with van der Waals surface area (Å²) in [7, 11) is 0. The Morgan fingerprint density at radius 1 is 1.28 bits per heavy atom. The molecule has 11 heteroatoms. The fraction of sp³-hybridized carbons (Fsp3) is 0.143. The van der Waals surface area contributed by atoms with Crippen LogP contribution in [0.15, 0.2) is 39.0 Å². The quantitative estimate of drug-likeness (QED) is 0.330. The second kappa shape index (κ2) is 7.21. The molecule has 1 heterocycles. The van der Waals surface area contributed by atoms with Gasteiger partial charge in [0.05, 0.1) is 17.1 Å². The summed E-state index contributed by atoms with van der Waals surface area (Å²) in [4.78, 5) is 48.4. The summed E-state index contributed by atoms with van der Waals surface area (Å²) in [6.07, 6.45) is -0.0945. The van der Waals surface area contributed by atoms with E-state index in [9.17, 15) is 29.6 Å². The van der Waals surface area contributed by atoms with Crippen LogP contribution < -0.4 is 16.7 Å². The molecule has 0 spiro atoms. The number of carbonyl (C=O) groups excluding carboxylic acids is 1. The summed E-state index contributed by atoms with van der Waals surface area (Å²) in [6, 6.07) is 5.42. The number of non-ortho nitro benzene ring substituents is 1. The minimum Gasteiger partial charge on any atom is -0.494 e. The highest BCUT2D eigenvalue weighted by Crippen LogP contribution is 2.12. The zero-order valence-corrected chi connectivity index (χ0v) is 12.9. The molecule has 1 amide bonds. The molecule has 0 radical (unpaired) electrons. The van der Waals surface area contributed by atoms with Crippen molar-refractivity contribution in [3.8, 4) is 5.88 Å². The molecule has 0 saturated carbocycles. The highest BCUT2D eigenvalue weighted by Gasteiger charge is 2.12. The van der Waals surface area contributed by atoms with Crippen LogP contribution >= 0.6 is 0 Å². The molecule has 0 atom stereocenters. The van der Waals surface area contributed by atoms with Crippen molar-refractivity contribution in [3.05, 3.63) is 66.3 Å². The molecule has 0 saturated heterocycles. The number of amides is 1. The Kier molecular flexibility index (Phi) is 5.07. The zero-order chi connectivity index (χ0) is 18.6. The number of rotatable bonds is 5. The van der Waals surface area contributed by atoms with E-state index in [2.05, 4.69) is 10.5 Å². The van der Waals surface area contributed by atoms with Crippen LogP contribution in [0.25, 0.3) is 0 Å². The van der Waals surface area contributed by atoms with Crippen LogP contribution in [0.5, 0.6) is 5.88 Å². The molecule has 4 N–H and O–H groups in total. The van der Waals surface area contributed by atoms with E-state index in [0.29, 0.717) is 5.56 Å². The normalized spacial score (nSPS) is 11.2. The Morgan fingerprint density at radius 2 is 1.92 bits per heavy atom. The number of aromatic hydroxyl groups is 1. The van der Waals surface area contributed by atoms with Crippen LogP contribution in [0.3, 0.4) is 0 Å². The van der Waals surface area contributed by atoms with Gasteiger partial charge in [0.15, 0.2) is 0 Å². The Bertz CT molecular complexity index is 957. The van der Waals surface area contributed by atoms with Gasteiger partial charge >= 0.3 is 5.69 Å². The standard InChI is InChI=1S/C14H13N5O6/c1-7(11-12(21)15-14(23)16-13(11)22)17-18-10(20)6-8-2-4-9(5-3-8)19(24)25/h2-5H,6H2,1H3,(H,18,20)(H3,15,16,21,22,23)/b17-7-. The average Bonchev–Trinajstić information content (AvgIpc) is 2.52. The highest BCUT2D eigenvalue weighted by atomic mass is 16.6. The van der Waals surface area contributed by atoms with Crippen molar-refractivity contribution in [1.29, 1.82) is 0 Å². The molecule has 25 heavy (non-hydrogen) atoms. The van der Waals surface area contributed by atoms with E-state index in [4.69, 9.17) is 0 Å². The summed E-state index contributed by atoms with van der Waals surface area (Å²) >= 11 is 0. The third-order valence-corrected chi connectivity index (χ3v) is 3.14. The third-order valence-electron chi connectivity index (χ3n) is 3.14. The van der Waals surface area contributed by atoms with Gasteiger partial charge in [0.1, 0.15) is 5.56 Å². The average molecular weight is 347 g/mol. The molecule has 0 unspecified atom stereocenters. The summed E-state index contributed by atoms with van der Waals surface area (Å²) in [5.41, 5.74) is 0.600. The minimum atomic E-state index is -0.874. The molecule has 2 rings (SSSR count). The van der Waals surface area contributed by atoms with Crippen molar-refractivity contribution in [2.75, 3.05) is 0 Å². The Labute approximate surface area is 139 Å². The minimum absolute atomic E-state index is 0.0213. The lowest BCUT2D eigenvalue weighted by Crippen LogP contribution is -2.28. The lowest BCUT2D eigenvalue weighted by Gasteiger charge is -2.04. The molecule has 0 fully saturated rings. The smallest absolute Gasteiger partial charge is 0.328 e. The van der Waals surface area contributed by atoms with Crippen LogP contribution in [-0.4, -0.2) is 31.6 Å². The van der Waals surface area contributed by atoms with Crippen molar-refractivity contribution in [2.45, 2.75) is 13.3 Å². The maximum Gasteiger partial charge on any atom is 0.328 e. The fourth-order valence-electron chi connectivity index (χ4n) is 1.97. The summed E-state index contributed by atoms with van der Waals surface area (Å²) < 4.78 is 0. The Balaban J connectivity index is 2.08. The number of carbonyl (C=O) groups is 1. The number of aromatic amines is 2. The number of hydrogen-bond acceptors (Lipinski definition) is 7. The van der Waals surface area contributed by atoms with E-state index >= 15 is 0 Å². The first-order chi connectivity index (χ1) is 11.8. The van der Waals surface area contributed by atoms with E-state index in [1.54, 1.807) is 0 Å². The van der Waals surface area contributed by atoms with E-state index in [0.717, 1.165) is 0 Å².